The van der Waals surface area contributed by atoms with Crippen LogP contribution in [0.4, 0.5) is 5.69 Å². The van der Waals surface area contributed by atoms with Crippen LogP contribution in [0.15, 0.2) is 28.9 Å². The molecule has 2 aromatic rings. The summed E-state index contributed by atoms with van der Waals surface area (Å²) in [5, 5.41) is 11.6. The number of carbonyl (C=O) groups is 1. The van der Waals surface area contributed by atoms with E-state index in [1.54, 1.807) is 17.7 Å². The molecule has 0 saturated heterocycles. The summed E-state index contributed by atoms with van der Waals surface area (Å²) in [6, 6.07) is 4.37. The molecule has 0 saturated carbocycles. The third kappa shape index (κ3) is 3.79. The number of aromatic nitrogens is 1. The third-order valence-electron chi connectivity index (χ3n) is 3.53. The number of nitro groups is 1. The molecule has 0 fully saturated rings. The molecule has 0 aliphatic heterocycles. The average molecular weight is 416 g/mol. The van der Waals surface area contributed by atoms with Crippen molar-refractivity contribution in [3.8, 4) is 0 Å². The zero-order valence-electron chi connectivity index (χ0n) is 13.2. The van der Waals surface area contributed by atoms with Gasteiger partial charge in [0.25, 0.3) is 5.69 Å². The van der Waals surface area contributed by atoms with Crippen molar-refractivity contribution in [2.45, 2.75) is 26.8 Å². The van der Waals surface area contributed by atoms with E-state index < -0.39 is 10.9 Å². The number of rotatable bonds is 6. The predicted molar refractivity (Wildman–Crippen MR) is 94.7 cm³/mol. The van der Waals surface area contributed by atoms with Gasteiger partial charge >= 0.3 is 5.97 Å². The highest BCUT2D eigenvalue weighted by Crippen LogP contribution is 2.29. The smallest absolute Gasteiger partial charge is 0.355 e. The fraction of sp³-hybridized carbons (Fsp3) is 0.312. The van der Waals surface area contributed by atoms with Crippen molar-refractivity contribution in [1.82, 2.24) is 4.57 Å². The van der Waals surface area contributed by atoms with E-state index in [1.807, 2.05) is 6.92 Å². The van der Waals surface area contributed by atoms with Crippen LogP contribution in [0.25, 0.3) is 0 Å². The van der Waals surface area contributed by atoms with E-state index in [0.717, 1.165) is 10.0 Å². The molecule has 0 bridgehead atoms. The maximum Gasteiger partial charge on any atom is 0.355 e. The second-order valence-electron chi connectivity index (χ2n) is 5.04. The van der Waals surface area contributed by atoms with Gasteiger partial charge in [0.05, 0.1) is 23.6 Å². The molecular formula is C16H16BrClN2O4. The summed E-state index contributed by atoms with van der Waals surface area (Å²) in [7, 11) is 0. The summed E-state index contributed by atoms with van der Waals surface area (Å²) in [4.78, 5) is 23.1. The van der Waals surface area contributed by atoms with Gasteiger partial charge in [-0.1, -0.05) is 18.5 Å². The molecule has 0 atom stereocenters. The number of benzene rings is 1. The number of halogens is 2. The summed E-state index contributed by atoms with van der Waals surface area (Å²) in [5.41, 5.74) is 1.57. The summed E-state index contributed by atoms with van der Waals surface area (Å²) < 4.78 is 7.54. The highest BCUT2D eigenvalue weighted by atomic mass is 79.9. The molecule has 0 radical (unpaired) electrons. The Morgan fingerprint density at radius 1 is 1.42 bits per heavy atom. The fourth-order valence-corrected chi connectivity index (χ4v) is 3.42. The van der Waals surface area contributed by atoms with E-state index in [9.17, 15) is 14.9 Å². The SMILES string of the molecule is CCOC(=O)c1c(CC)c(Br)cn1Cc1cc(Cl)ccc1[N+](=O)[O-]. The van der Waals surface area contributed by atoms with Gasteiger partial charge in [-0.2, -0.15) is 0 Å². The molecule has 2 rings (SSSR count). The van der Waals surface area contributed by atoms with Crippen molar-refractivity contribution in [2.75, 3.05) is 6.61 Å². The Labute approximate surface area is 152 Å². The minimum Gasteiger partial charge on any atom is -0.461 e. The second-order valence-corrected chi connectivity index (χ2v) is 6.33. The first-order valence-corrected chi connectivity index (χ1v) is 8.53. The molecule has 0 aliphatic rings. The maximum atomic E-state index is 12.3. The zero-order chi connectivity index (χ0) is 17.9. The second kappa shape index (κ2) is 7.81. The van der Waals surface area contributed by atoms with E-state index >= 15 is 0 Å². The van der Waals surface area contributed by atoms with Crippen LogP contribution in [-0.4, -0.2) is 22.1 Å². The summed E-state index contributed by atoms with van der Waals surface area (Å²) >= 11 is 9.41. The Kier molecular flexibility index (Phi) is 6.01. The molecule has 8 heteroatoms. The molecule has 0 spiro atoms. The van der Waals surface area contributed by atoms with E-state index in [2.05, 4.69) is 15.9 Å². The van der Waals surface area contributed by atoms with E-state index in [4.69, 9.17) is 16.3 Å². The van der Waals surface area contributed by atoms with Gasteiger partial charge in [0.15, 0.2) is 0 Å². The monoisotopic (exact) mass is 414 g/mol. The summed E-state index contributed by atoms with van der Waals surface area (Å²) in [5.74, 6) is -0.454. The van der Waals surface area contributed by atoms with Crippen LogP contribution in [0.2, 0.25) is 5.02 Å². The molecule has 1 aromatic heterocycles. The first-order chi connectivity index (χ1) is 11.4. The molecule has 0 N–H and O–H groups in total. The van der Waals surface area contributed by atoms with Gasteiger partial charge in [-0.15, -0.1) is 0 Å². The molecular weight excluding hydrogens is 400 g/mol. The molecule has 1 aromatic carbocycles. The normalized spacial score (nSPS) is 10.7. The third-order valence-corrected chi connectivity index (χ3v) is 4.45. The topological polar surface area (TPSA) is 74.4 Å². The van der Waals surface area contributed by atoms with Crippen molar-refractivity contribution in [2.24, 2.45) is 0 Å². The van der Waals surface area contributed by atoms with Crippen LogP contribution in [0.5, 0.6) is 0 Å². The van der Waals surface area contributed by atoms with Crippen molar-refractivity contribution in [3.63, 3.8) is 0 Å². The van der Waals surface area contributed by atoms with Gasteiger partial charge in [-0.3, -0.25) is 10.1 Å². The molecule has 0 unspecified atom stereocenters. The van der Waals surface area contributed by atoms with Crippen LogP contribution in [0.1, 0.15) is 35.5 Å². The molecule has 0 amide bonds. The lowest BCUT2D eigenvalue weighted by Gasteiger charge is -2.11. The zero-order valence-corrected chi connectivity index (χ0v) is 15.6. The molecule has 6 nitrogen and oxygen atoms in total. The first-order valence-electron chi connectivity index (χ1n) is 7.36. The number of hydrogen-bond acceptors (Lipinski definition) is 4. The number of esters is 1. The Morgan fingerprint density at radius 2 is 2.12 bits per heavy atom. The minimum atomic E-state index is -0.463. The van der Waals surface area contributed by atoms with Gasteiger partial charge < -0.3 is 9.30 Å². The molecule has 128 valence electrons. The lowest BCUT2D eigenvalue weighted by atomic mass is 10.1. The van der Waals surface area contributed by atoms with Crippen LogP contribution >= 0.6 is 27.5 Å². The van der Waals surface area contributed by atoms with Crippen LogP contribution in [-0.2, 0) is 17.7 Å². The van der Waals surface area contributed by atoms with Crippen molar-refractivity contribution in [3.05, 3.63) is 60.8 Å². The molecule has 1 heterocycles. The Morgan fingerprint density at radius 3 is 2.71 bits per heavy atom. The summed E-state index contributed by atoms with van der Waals surface area (Å²) in [6.07, 6.45) is 2.36. The fourth-order valence-electron chi connectivity index (χ4n) is 2.51. The molecule has 0 aliphatic carbocycles. The van der Waals surface area contributed by atoms with Gasteiger partial charge in [0.1, 0.15) is 5.69 Å². The Hall–Kier alpha value is -1.86. The molecule has 24 heavy (non-hydrogen) atoms. The van der Waals surface area contributed by atoms with Crippen LogP contribution < -0.4 is 0 Å². The predicted octanol–water partition coefficient (Wildman–Crippen LogP) is 4.60. The van der Waals surface area contributed by atoms with Gasteiger partial charge in [0.2, 0.25) is 0 Å². The number of carbonyl (C=O) groups excluding carboxylic acids is 1. The number of nitro benzene ring substituents is 1. The number of hydrogen-bond donors (Lipinski definition) is 0. The van der Waals surface area contributed by atoms with Crippen molar-refractivity contribution in [1.29, 1.82) is 0 Å². The van der Waals surface area contributed by atoms with E-state index in [-0.39, 0.29) is 18.8 Å². The minimum absolute atomic E-state index is 0.0444. The average Bonchev–Trinajstić information content (AvgIpc) is 2.82. The highest BCUT2D eigenvalue weighted by molar-refractivity contribution is 9.10. The van der Waals surface area contributed by atoms with Crippen molar-refractivity contribution >= 4 is 39.2 Å². The van der Waals surface area contributed by atoms with Gasteiger partial charge in [0, 0.05) is 21.8 Å². The standard InChI is InChI=1S/C16H16BrClN2O4/c1-3-12-13(17)9-19(15(12)16(21)24-4-2)8-10-7-11(18)5-6-14(10)20(22)23/h5-7,9H,3-4,8H2,1-2H3. The largest absolute Gasteiger partial charge is 0.461 e. The van der Waals surface area contributed by atoms with E-state index in [1.165, 1.54) is 18.2 Å². The van der Waals surface area contributed by atoms with Gasteiger partial charge in [-0.25, -0.2) is 4.79 Å². The Bertz CT molecular complexity index is 789. The maximum absolute atomic E-state index is 12.3. The summed E-state index contributed by atoms with van der Waals surface area (Å²) in [6.45, 7) is 4.05. The van der Waals surface area contributed by atoms with Crippen molar-refractivity contribution < 1.29 is 14.5 Å². The quantitative estimate of drug-likeness (QED) is 0.392. The van der Waals surface area contributed by atoms with Gasteiger partial charge in [-0.05, 0) is 47.0 Å². The number of ether oxygens (including phenoxy) is 1. The lowest BCUT2D eigenvalue weighted by Crippen LogP contribution is -2.15. The first kappa shape index (κ1) is 18.5. The van der Waals surface area contributed by atoms with E-state index in [0.29, 0.717) is 22.7 Å². The lowest BCUT2D eigenvalue weighted by molar-refractivity contribution is -0.385. The Balaban J connectivity index is 2.53. The highest BCUT2D eigenvalue weighted by Gasteiger charge is 2.23. The van der Waals surface area contributed by atoms with Crippen LogP contribution in [0.3, 0.4) is 0 Å². The number of nitrogens with zero attached hydrogens (tertiary/aromatic N) is 2. The van der Waals surface area contributed by atoms with Crippen LogP contribution in [0, 0.1) is 10.1 Å².